The highest BCUT2D eigenvalue weighted by atomic mass is 32.2. The standard InChI is InChI=1S/C12H13N3S/c13-11-4-2-10(3-5-11)6-9-16-12-14-7-1-8-15-12/h1-5,7-8H,6,9,13H2. The molecule has 0 aliphatic heterocycles. The van der Waals surface area contributed by atoms with E-state index >= 15 is 0 Å². The van der Waals surface area contributed by atoms with E-state index < -0.39 is 0 Å². The number of aryl methyl sites for hydroxylation is 1. The topological polar surface area (TPSA) is 51.8 Å². The Morgan fingerprint density at radius 1 is 1.06 bits per heavy atom. The summed E-state index contributed by atoms with van der Waals surface area (Å²) >= 11 is 1.67. The van der Waals surface area contributed by atoms with E-state index in [0.29, 0.717) is 0 Å². The van der Waals surface area contributed by atoms with Gasteiger partial charge in [0, 0.05) is 23.8 Å². The Kier molecular flexibility index (Phi) is 3.77. The number of thioether (sulfide) groups is 1. The molecule has 3 nitrogen and oxygen atoms in total. The van der Waals surface area contributed by atoms with Crippen molar-refractivity contribution in [1.82, 2.24) is 9.97 Å². The number of aromatic nitrogens is 2. The molecule has 0 saturated heterocycles. The van der Waals surface area contributed by atoms with Crippen LogP contribution in [0.1, 0.15) is 5.56 Å². The van der Waals surface area contributed by atoms with Gasteiger partial charge in [-0.1, -0.05) is 23.9 Å². The van der Waals surface area contributed by atoms with Crippen molar-refractivity contribution in [3.63, 3.8) is 0 Å². The van der Waals surface area contributed by atoms with Crippen molar-refractivity contribution >= 4 is 17.4 Å². The summed E-state index contributed by atoms with van der Waals surface area (Å²) < 4.78 is 0. The molecule has 82 valence electrons. The van der Waals surface area contributed by atoms with Gasteiger partial charge in [-0.2, -0.15) is 0 Å². The van der Waals surface area contributed by atoms with Gasteiger partial charge in [-0.3, -0.25) is 0 Å². The van der Waals surface area contributed by atoms with Crippen LogP contribution in [0.4, 0.5) is 5.69 Å². The normalized spacial score (nSPS) is 10.2. The van der Waals surface area contributed by atoms with E-state index in [-0.39, 0.29) is 0 Å². The first-order chi connectivity index (χ1) is 7.84. The van der Waals surface area contributed by atoms with Crippen LogP contribution in [0.3, 0.4) is 0 Å². The zero-order valence-corrected chi connectivity index (χ0v) is 9.65. The Hall–Kier alpha value is -1.55. The number of hydrogen-bond donors (Lipinski definition) is 1. The second-order valence-corrected chi connectivity index (χ2v) is 4.43. The highest BCUT2D eigenvalue weighted by Gasteiger charge is 1.97. The van der Waals surface area contributed by atoms with Gasteiger partial charge in [-0.15, -0.1) is 0 Å². The Morgan fingerprint density at radius 2 is 1.75 bits per heavy atom. The van der Waals surface area contributed by atoms with Crippen LogP contribution in [-0.2, 0) is 6.42 Å². The lowest BCUT2D eigenvalue weighted by Crippen LogP contribution is -1.92. The fraction of sp³-hybridized carbons (Fsp3) is 0.167. The van der Waals surface area contributed by atoms with E-state index in [2.05, 4.69) is 22.1 Å². The molecule has 1 aromatic carbocycles. The van der Waals surface area contributed by atoms with Crippen molar-refractivity contribution in [2.75, 3.05) is 11.5 Å². The third-order valence-electron chi connectivity index (χ3n) is 2.14. The maximum absolute atomic E-state index is 5.62. The average molecular weight is 231 g/mol. The van der Waals surface area contributed by atoms with Crippen molar-refractivity contribution in [2.45, 2.75) is 11.6 Å². The minimum Gasteiger partial charge on any atom is -0.399 e. The summed E-state index contributed by atoms with van der Waals surface area (Å²) in [6.45, 7) is 0. The smallest absolute Gasteiger partial charge is 0.187 e. The first-order valence-electron chi connectivity index (χ1n) is 5.09. The van der Waals surface area contributed by atoms with E-state index in [9.17, 15) is 0 Å². The lowest BCUT2D eigenvalue weighted by molar-refractivity contribution is 0.964. The largest absolute Gasteiger partial charge is 0.399 e. The quantitative estimate of drug-likeness (QED) is 0.498. The molecular weight excluding hydrogens is 218 g/mol. The highest BCUT2D eigenvalue weighted by Crippen LogP contribution is 2.14. The van der Waals surface area contributed by atoms with Crippen LogP contribution < -0.4 is 5.73 Å². The van der Waals surface area contributed by atoms with Gasteiger partial charge in [0.1, 0.15) is 0 Å². The summed E-state index contributed by atoms with van der Waals surface area (Å²) in [5, 5.41) is 0.831. The van der Waals surface area contributed by atoms with E-state index in [1.54, 1.807) is 24.2 Å². The summed E-state index contributed by atoms with van der Waals surface area (Å²) in [6, 6.07) is 9.80. The van der Waals surface area contributed by atoms with E-state index in [4.69, 9.17) is 5.73 Å². The van der Waals surface area contributed by atoms with Crippen molar-refractivity contribution < 1.29 is 0 Å². The van der Waals surface area contributed by atoms with Crippen LogP contribution in [0.2, 0.25) is 0 Å². The second-order valence-electron chi connectivity index (χ2n) is 3.37. The molecule has 1 aromatic heterocycles. The molecule has 0 amide bonds. The zero-order chi connectivity index (χ0) is 11.2. The number of anilines is 1. The number of hydrogen-bond acceptors (Lipinski definition) is 4. The highest BCUT2D eigenvalue weighted by molar-refractivity contribution is 7.99. The minimum atomic E-state index is 0.808. The predicted octanol–water partition coefficient (Wildman–Crippen LogP) is 2.39. The van der Waals surface area contributed by atoms with Gasteiger partial charge in [0.2, 0.25) is 0 Å². The SMILES string of the molecule is Nc1ccc(CCSc2ncccn2)cc1. The molecule has 0 aliphatic carbocycles. The first kappa shape index (κ1) is 11.0. The molecule has 0 unspecified atom stereocenters. The van der Waals surface area contributed by atoms with E-state index in [1.807, 2.05) is 18.2 Å². The van der Waals surface area contributed by atoms with Gasteiger partial charge in [-0.05, 0) is 30.2 Å². The first-order valence-corrected chi connectivity index (χ1v) is 6.07. The molecule has 4 heteroatoms. The number of rotatable bonds is 4. The molecular formula is C12H13N3S. The van der Waals surface area contributed by atoms with Crippen LogP contribution in [0.25, 0.3) is 0 Å². The molecule has 0 spiro atoms. The van der Waals surface area contributed by atoms with Gasteiger partial charge in [0.25, 0.3) is 0 Å². The maximum atomic E-state index is 5.62. The lowest BCUT2D eigenvalue weighted by atomic mass is 10.2. The lowest BCUT2D eigenvalue weighted by Gasteiger charge is -2.01. The van der Waals surface area contributed by atoms with Crippen molar-refractivity contribution in [2.24, 2.45) is 0 Å². The third kappa shape index (κ3) is 3.24. The molecule has 1 heterocycles. The second kappa shape index (κ2) is 5.51. The molecule has 2 aromatic rings. The van der Waals surface area contributed by atoms with Crippen LogP contribution in [-0.4, -0.2) is 15.7 Å². The summed E-state index contributed by atoms with van der Waals surface area (Å²) in [5.41, 5.74) is 7.72. The predicted molar refractivity (Wildman–Crippen MR) is 67.3 cm³/mol. The van der Waals surface area contributed by atoms with Crippen molar-refractivity contribution in [3.8, 4) is 0 Å². The molecule has 0 saturated carbocycles. The van der Waals surface area contributed by atoms with E-state index in [1.165, 1.54) is 5.56 Å². The number of benzene rings is 1. The van der Waals surface area contributed by atoms with Crippen LogP contribution in [0, 0.1) is 0 Å². The fourth-order valence-electron chi connectivity index (χ4n) is 1.30. The number of nitrogen functional groups attached to an aromatic ring is 1. The van der Waals surface area contributed by atoms with Gasteiger partial charge in [0.15, 0.2) is 5.16 Å². The van der Waals surface area contributed by atoms with Gasteiger partial charge >= 0.3 is 0 Å². The van der Waals surface area contributed by atoms with Gasteiger partial charge in [-0.25, -0.2) is 9.97 Å². The number of nitrogens with zero attached hydrogens (tertiary/aromatic N) is 2. The maximum Gasteiger partial charge on any atom is 0.187 e. The molecule has 2 N–H and O–H groups in total. The van der Waals surface area contributed by atoms with Gasteiger partial charge in [0.05, 0.1) is 0 Å². The van der Waals surface area contributed by atoms with Crippen LogP contribution in [0.5, 0.6) is 0 Å². The van der Waals surface area contributed by atoms with Crippen molar-refractivity contribution in [3.05, 3.63) is 48.3 Å². The Balaban J connectivity index is 1.82. The van der Waals surface area contributed by atoms with Gasteiger partial charge < -0.3 is 5.73 Å². The Bertz CT molecular complexity index is 428. The summed E-state index contributed by atoms with van der Waals surface area (Å²) in [7, 11) is 0. The summed E-state index contributed by atoms with van der Waals surface area (Å²) in [5.74, 6) is 0.980. The molecule has 16 heavy (non-hydrogen) atoms. The molecule has 2 rings (SSSR count). The molecule has 0 fully saturated rings. The average Bonchev–Trinajstić information content (AvgIpc) is 2.33. The molecule has 0 aliphatic rings. The molecule has 0 atom stereocenters. The molecule has 0 bridgehead atoms. The Labute approximate surface area is 99.1 Å². The van der Waals surface area contributed by atoms with Crippen molar-refractivity contribution in [1.29, 1.82) is 0 Å². The van der Waals surface area contributed by atoms with Crippen LogP contribution >= 0.6 is 11.8 Å². The summed E-state index contributed by atoms with van der Waals surface area (Å²) in [4.78, 5) is 8.31. The summed E-state index contributed by atoms with van der Waals surface area (Å²) in [6.07, 6.45) is 4.53. The number of nitrogens with two attached hydrogens (primary N) is 1. The zero-order valence-electron chi connectivity index (χ0n) is 8.84. The fourth-order valence-corrected chi connectivity index (χ4v) is 2.10. The molecule has 0 radical (unpaired) electrons. The van der Waals surface area contributed by atoms with Crippen LogP contribution in [0.15, 0.2) is 47.9 Å². The van der Waals surface area contributed by atoms with E-state index in [0.717, 1.165) is 23.0 Å². The Morgan fingerprint density at radius 3 is 2.44 bits per heavy atom. The minimum absolute atomic E-state index is 0.808. The monoisotopic (exact) mass is 231 g/mol. The third-order valence-corrected chi connectivity index (χ3v) is 3.02.